The summed E-state index contributed by atoms with van der Waals surface area (Å²) in [6.45, 7) is 0. The maximum atomic E-state index is 11.0. The Morgan fingerprint density at radius 1 is 0.400 bits per heavy atom. The number of aromatic nitrogens is 4. The number of phenols is 2. The van der Waals surface area contributed by atoms with Gasteiger partial charge in [0.05, 0.1) is 33.5 Å². The normalized spacial score (nSPS) is 11.8. The molecule has 0 aliphatic heterocycles. The van der Waals surface area contributed by atoms with Gasteiger partial charge in [0, 0.05) is 61.8 Å². The molecule has 4 aromatic heterocycles. The van der Waals surface area contributed by atoms with Crippen molar-refractivity contribution in [1.29, 1.82) is 0 Å². The standard InChI is InChI=1S/C44H28N4O2/c49-31-16-18-39-35(25-31)41-33-12-4-5-13-34(33)43-42(44(41)47(39)29-10-2-1-3-11-29)36-26-32(50)17-19-40(36)48(43)30-23-27(37-14-6-8-20-45-37)22-28(24-30)38-15-7-9-21-46-38/h1-26,49-50H. The van der Waals surface area contributed by atoms with Crippen LogP contribution >= 0.6 is 0 Å². The Kier molecular flexibility index (Phi) is 6.08. The summed E-state index contributed by atoms with van der Waals surface area (Å²) >= 11 is 0. The molecule has 0 aliphatic rings. The molecular formula is C44H28N4O2. The highest BCUT2D eigenvalue weighted by Gasteiger charge is 2.25. The number of phenolic OH excluding ortho intramolecular Hbond substituents is 2. The summed E-state index contributed by atoms with van der Waals surface area (Å²) < 4.78 is 4.60. The molecule has 10 aromatic rings. The van der Waals surface area contributed by atoms with Crippen molar-refractivity contribution >= 4 is 54.4 Å². The Bertz CT molecular complexity index is 2870. The van der Waals surface area contributed by atoms with Crippen molar-refractivity contribution < 1.29 is 10.2 Å². The van der Waals surface area contributed by atoms with Gasteiger partial charge >= 0.3 is 0 Å². The Morgan fingerprint density at radius 3 is 1.54 bits per heavy atom. The number of fused-ring (bicyclic) bond motifs is 10. The van der Waals surface area contributed by atoms with E-state index in [9.17, 15) is 10.2 Å². The van der Waals surface area contributed by atoms with Crippen LogP contribution < -0.4 is 0 Å². The molecule has 6 heteroatoms. The maximum absolute atomic E-state index is 11.0. The first kappa shape index (κ1) is 28.1. The average molecular weight is 645 g/mol. The molecule has 236 valence electrons. The van der Waals surface area contributed by atoms with Crippen molar-refractivity contribution in [3.63, 3.8) is 0 Å². The van der Waals surface area contributed by atoms with E-state index >= 15 is 0 Å². The highest BCUT2D eigenvalue weighted by molar-refractivity contribution is 6.36. The zero-order chi connectivity index (χ0) is 33.3. The molecule has 0 saturated heterocycles. The van der Waals surface area contributed by atoms with Crippen LogP contribution in [0.3, 0.4) is 0 Å². The zero-order valence-corrected chi connectivity index (χ0v) is 26.7. The number of rotatable bonds is 4. The van der Waals surface area contributed by atoms with E-state index in [4.69, 9.17) is 9.97 Å². The molecule has 0 bridgehead atoms. The van der Waals surface area contributed by atoms with Gasteiger partial charge in [0.2, 0.25) is 0 Å². The van der Waals surface area contributed by atoms with E-state index in [1.165, 1.54) is 0 Å². The molecule has 0 fully saturated rings. The Morgan fingerprint density at radius 2 is 0.940 bits per heavy atom. The molecular weight excluding hydrogens is 617 g/mol. The van der Waals surface area contributed by atoms with Crippen LogP contribution in [0.4, 0.5) is 0 Å². The smallest absolute Gasteiger partial charge is 0.116 e. The van der Waals surface area contributed by atoms with Crippen LogP contribution in [0.25, 0.3) is 88.3 Å². The van der Waals surface area contributed by atoms with Gasteiger partial charge in [0.25, 0.3) is 0 Å². The average Bonchev–Trinajstić information content (AvgIpc) is 3.68. The quantitative estimate of drug-likeness (QED) is 0.200. The van der Waals surface area contributed by atoms with Crippen LogP contribution in [0.1, 0.15) is 0 Å². The predicted molar refractivity (Wildman–Crippen MR) is 202 cm³/mol. The highest BCUT2D eigenvalue weighted by Crippen LogP contribution is 2.48. The van der Waals surface area contributed by atoms with Crippen LogP contribution in [-0.2, 0) is 0 Å². The van der Waals surface area contributed by atoms with Gasteiger partial charge in [0.1, 0.15) is 11.5 Å². The molecule has 50 heavy (non-hydrogen) atoms. The van der Waals surface area contributed by atoms with Crippen LogP contribution in [0.15, 0.2) is 158 Å². The van der Waals surface area contributed by atoms with Crippen LogP contribution in [0.5, 0.6) is 11.5 Å². The number of benzene rings is 6. The van der Waals surface area contributed by atoms with E-state index in [0.29, 0.717) is 0 Å². The lowest BCUT2D eigenvalue weighted by atomic mass is 9.99. The number of para-hydroxylation sites is 1. The largest absolute Gasteiger partial charge is 0.508 e. The molecule has 4 heterocycles. The van der Waals surface area contributed by atoms with Crippen molar-refractivity contribution in [2.75, 3.05) is 0 Å². The monoisotopic (exact) mass is 644 g/mol. The molecule has 6 nitrogen and oxygen atoms in total. The topological polar surface area (TPSA) is 76.1 Å². The van der Waals surface area contributed by atoms with Crippen molar-refractivity contribution in [2.45, 2.75) is 0 Å². The number of nitrogens with zero attached hydrogens (tertiary/aromatic N) is 4. The van der Waals surface area contributed by atoms with E-state index in [2.05, 4.69) is 63.7 Å². The minimum absolute atomic E-state index is 0.189. The first-order valence-electron chi connectivity index (χ1n) is 16.5. The van der Waals surface area contributed by atoms with Crippen molar-refractivity contribution in [3.8, 4) is 45.4 Å². The minimum atomic E-state index is 0.189. The fourth-order valence-corrected chi connectivity index (χ4v) is 7.69. The summed E-state index contributed by atoms with van der Waals surface area (Å²) in [4.78, 5) is 9.45. The van der Waals surface area contributed by atoms with Crippen molar-refractivity contribution in [1.82, 2.24) is 19.1 Å². The van der Waals surface area contributed by atoms with E-state index in [1.54, 1.807) is 12.1 Å². The van der Waals surface area contributed by atoms with Crippen molar-refractivity contribution in [2.24, 2.45) is 0 Å². The molecule has 0 radical (unpaired) electrons. The van der Waals surface area contributed by atoms with Gasteiger partial charge in [-0.3, -0.25) is 9.97 Å². The lowest BCUT2D eigenvalue weighted by Gasteiger charge is -2.15. The molecule has 0 atom stereocenters. The summed E-state index contributed by atoms with van der Waals surface area (Å²) in [5, 5.41) is 27.9. The van der Waals surface area contributed by atoms with Gasteiger partial charge in [-0.2, -0.15) is 0 Å². The first-order chi connectivity index (χ1) is 24.6. The maximum Gasteiger partial charge on any atom is 0.116 e. The van der Waals surface area contributed by atoms with Gasteiger partial charge in [0.15, 0.2) is 0 Å². The fourth-order valence-electron chi connectivity index (χ4n) is 7.69. The second-order valence-corrected chi connectivity index (χ2v) is 12.6. The molecule has 10 rings (SSSR count). The van der Waals surface area contributed by atoms with Crippen LogP contribution in [0.2, 0.25) is 0 Å². The summed E-state index contributed by atoms with van der Waals surface area (Å²) in [6, 6.07) is 48.5. The Hall–Kier alpha value is -6.92. The molecule has 0 aliphatic carbocycles. The zero-order valence-electron chi connectivity index (χ0n) is 26.7. The Balaban J connectivity index is 1.46. The summed E-state index contributed by atoms with van der Waals surface area (Å²) in [6.07, 6.45) is 3.63. The number of pyridine rings is 2. The SMILES string of the molecule is Oc1ccc2c(c1)c1c(c3ccccc3c3c4cc(O)ccc4n(-c4ccccc4)c31)n2-c1cc(-c2ccccn2)cc(-c2ccccn2)c1. The Labute approximate surface area is 286 Å². The summed E-state index contributed by atoms with van der Waals surface area (Å²) in [5.74, 6) is 0.400. The first-order valence-corrected chi connectivity index (χ1v) is 16.5. The molecule has 0 saturated carbocycles. The third-order valence-electron chi connectivity index (χ3n) is 9.70. The number of hydrogen-bond acceptors (Lipinski definition) is 4. The number of hydrogen-bond donors (Lipinski definition) is 2. The van der Waals surface area contributed by atoms with E-state index in [0.717, 1.165) is 88.3 Å². The predicted octanol–water partition coefficient (Wildman–Crippen LogP) is 10.6. The van der Waals surface area contributed by atoms with Gasteiger partial charge in [-0.05, 0) is 96.4 Å². The fraction of sp³-hybridized carbons (Fsp3) is 0. The van der Waals surface area contributed by atoms with Crippen LogP contribution in [-0.4, -0.2) is 29.3 Å². The summed E-state index contributed by atoms with van der Waals surface area (Å²) in [5.41, 5.74) is 9.57. The van der Waals surface area contributed by atoms with Gasteiger partial charge in [-0.25, -0.2) is 0 Å². The van der Waals surface area contributed by atoms with E-state index in [1.807, 2.05) is 91.3 Å². The van der Waals surface area contributed by atoms with Gasteiger partial charge in [-0.15, -0.1) is 0 Å². The second kappa shape index (κ2) is 10.8. The molecule has 0 spiro atoms. The van der Waals surface area contributed by atoms with Crippen molar-refractivity contribution in [3.05, 3.63) is 158 Å². The summed E-state index contributed by atoms with van der Waals surface area (Å²) in [7, 11) is 0. The molecule has 0 unspecified atom stereocenters. The molecule has 0 amide bonds. The minimum Gasteiger partial charge on any atom is -0.508 e. The number of aromatic hydroxyl groups is 2. The highest BCUT2D eigenvalue weighted by atomic mass is 16.3. The lowest BCUT2D eigenvalue weighted by molar-refractivity contribution is 0.475. The van der Waals surface area contributed by atoms with Crippen LogP contribution in [0, 0.1) is 0 Å². The molecule has 6 aromatic carbocycles. The van der Waals surface area contributed by atoms with E-state index < -0.39 is 0 Å². The molecule has 2 N–H and O–H groups in total. The third-order valence-corrected chi connectivity index (χ3v) is 9.70. The van der Waals surface area contributed by atoms with Gasteiger partial charge < -0.3 is 19.3 Å². The van der Waals surface area contributed by atoms with Gasteiger partial charge in [-0.1, -0.05) is 54.6 Å². The lowest BCUT2D eigenvalue weighted by Crippen LogP contribution is -1.98. The third kappa shape index (κ3) is 4.15. The second-order valence-electron chi connectivity index (χ2n) is 12.6. The van der Waals surface area contributed by atoms with E-state index in [-0.39, 0.29) is 11.5 Å².